The second-order valence-corrected chi connectivity index (χ2v) is 7.92. The molecular weight excluding hydrogens is 430 g/mol. The van der Waals surface area contributed by atoms with E-state index in [9.17, 15) is 19.5 Å². The first-order chi connectivity index (χ1) is 14.3. The van der Waals surface area contributed by atoms with Crippen molar-refractivity contribution < 1.29 is 19.4 Å². The number of aromatic carboxylic acids is 1. The van der Waals surface area contributed by atoms with Gasteiger partial charge in [-0.15, -0.1) is 11.3 Å². The van der Waals surface area contributed by atoms with E-state index in [1.54, 1.807) is 32.0 Å². The lowest BCUT2D eigenvalue weighted by Crippen LogP contribution is -2.35. The lowest BCUT2D eigenvalue weighted by molar-refractivity contribution is -0.119. The molecule has 3 rings (SSSR count). The van der Waals surface area contributed by atoms with Gasteiger partial charge in [-0.05, 0) is 31.5 Å². The molecule has 0 aliphatic heterocycles. The van der Waals surface area contributed by atoms with E-state index in [4.69, 9.17) is 16.3 Å². The maximum atomic E-state index is 13.2. The number of carbonyl (C=O) groups is 2. The third-order valence-corrected chi connectivity index (χ3v) is 6.05. The van der Waals surface area contributed by atoms with Crippen LogP contribution in [0.25, 0.3) is 10.2 Å². The quantitative estimate of drug-likeness (QED) is 0.571. The Morgan fingerprint density at radius 3 is 2.80 bits per heavy atom. The molecule has 158 valence electrons. The zero-order chi connectivity index (χ0) is 22.0. The number of aromatic nitrogens is 2. The van der Waals surface area contributed by atoms with Crippen molar-refractivity contribution in [3.05, 3.63) is 55.9 Å². The highest BCUT2D eigenvalue weighted by Crippen LogP contribution is 2.25. The minimum atomic E-state index is -1.22. The molecule has 0 aliphatic rings. The number of benzene rings is 1. The predicted molar refractivity (Wildman–Crippen MR) is 116 cm³/mol. The van der Waals surface area contributed by atoms with Gasteiger partial charge >= 0.3 is 5.97 Å². The van der Waals surface area contributed by atoms with Gasteiger partial charge in [-0.1, -0.05) is 17.7 Å². The fourth-order valence-electron chi connectivity index (χ4n) is 3.07. The van der Waals surface area contributed by atoms with Crippen molar-refractivity contribution in [1.29, 1.82) is 0 Å². The van der Waals surface area contributed by atoms with E-state index in [1.165, 1.54) is 17.1 Å². The molecule has 10 heteroatoms. The molecule has 0 aliphatic carbocycles. The minimum Gasteiger partial charge on any atom is -0.478 e. The summed E-state index contributed by atoms with van der Waals surface area (Å²) in [6.45, 7) is 3.63. The van der Waals surface area contributed by atoms with E-state index in [1.807, 2.05) is 0 Å². The summed E-state index contributed by atoms with van der Waals surface area (Å²) in [5.74, 6) is -1.32. The topological polar surface area (TPSA) is 111 Å². The molecule has 1 aromatic carbocycles. The van der Waals surface area contributed by atoms with Crippen molar-refractivity contribution in [2.45, 2.75) is 26.3 Å². The molecule has 0 saturated carbocycles. The third kappa shape index (κ3) is 4.09. The summed E-state index contributed by atoms with van der Waals surface area (Å²) in [6, 6.07) is 4.19. The Balaban J connectivity index is 2.09. The Labute approximate surface area is 181 Å². The molecule has 0 spiro atoms. The van der Waals surface area contributed by atoms with E-state index in [0.29, 0.717) is 26.9 Å². The molecule has 1 unspecified atom stereocenters. The lowest BCUT2D eigenvalue weighted by atomic mass is 10.1. The van der Waals surface area contributed by atoms with E-state index in [0.717, 1.165) is 11.3 Å². The van der Waals surface area contributed by atoms with Crippen LogP contribution in [-0.4, -0.2) is 40.3 Å². The number of carbonyl (C=O) groups excluding carboxylic acids is 1. The van der Waals surface area contributed by atoms with Gasteiger partial charge in [0, 0.05) is 29.6 Å². The van der Waals surface area contributed by atoms with Crippen LogP contribution < -0.4 is 10.9 Å². The van der Waals surface area contributed by atoms with E-state index in [2.05, 4.69) is 10.3 Å². The van der Waals surface area contributed by atoms with Crippen molar-refractivity contribution in [2.75, 3.05) is 19.0 Å². The van der Waals surface area contributed by atoms with Crippen molar-refractivity contribution in [3.8, 4) is 0 Å². The van der Waals surface area contributed by atoms with Crippen LogP contribution in [0.5, 0.6) is 0 Å². The van der Waals surface area contributed by atoms with Gasteiger partial charge in [0.25, 0.3) is 5.56 Å². The van der Waals surface area contributed by atoms with Crippen LogP contribution in [-0.2, 0) is 16.0 Å². The number of nitrogens with zero attached hydrogens (tertiary/aromatic N) is 2. The predicted octanol–water partition coefficient (Wildman–Crippen LogP) is 3.51. The number of thiophene rings is 1. The number of carboxylic acids is 1. The smallest absolute Gasteiger partial charge is 0.337 e. The van der Waals surface area contributed by atoms with Gasteiger partial charge in [-0.25, -0.2) is 9.78 Å². The molecule has 2 N–H and O–H groups in total. The average molecular weight is 450 g/mol. The van der Waals surface area contributed by atoms with E-state index < -0.39 is 23.5 Å². The molecule has 0 fully saturated rings. The van der Waals surface area contributed by atoms with Crippen LogP contribution in [0.1, 0.15) is 34.7 Å². The van der Waals surface area contributed by atoms with Crippen molar-refractivity contribution >= 4 is 50.7 Å². The number of amides is 1. The average Bonchev–Trinajstić information content (AvgIpc) is 3.14. The standard InChI is InChI=1S/C20H20ClN3O5S/c1-10-13(21)5-4-6-14(10)22-17(25)11(2)24-15(7-8-29-3)23-18-16(19(24)26)12(9-30-18)20(27)28/h4-6,9,11H,7-8H2,1-3H3,(H,22,25)(H,27,28). The van der Waals surface area contributed by atoms with E-state index in [-0.39, 0.29) is 24.0 Å². The second-order valence-electron chi connectivity index (χ2n) is 6.66. The van der Waals surface area contributed by atoms with Crippen LogP contribution in [0.4, 0.5) is 5.69 Å². The Bertz CT molecular complexity index is 1190. The van der Waals surface area contributed by atoms with Crippen LogP contribution in [0.2, 0.25) is 5.02 Å². The second kappa shape index (κ2) is 8.95. The third-order valence-electron chi connectivity index (χ3n) is 4.77. The molecule has 2 heterocycles. The number of fused-ring (bicyclic) bond motifs is 1. The van der Waals surface area contributed by atoms with Crippen LogP contribution in [0.15, 0.2) is 28.4 Å². The molecule has 8 nitrogen and oxygen atoms in total. The van der Waals surface area contributed by atoms with Gasteiger partial charge in [-0.3, -0.25) is 14.2 Å². The SMILES string of the molecule is COCCc1nc2scc(C(=O)O)c2c(=O)n1C(C)C(=O)Nc1cccc(Cl)c1C. The summed E-state index contributed by atoms with van der Waals surface area (Å²) in [6.07, 6.45) is 0.287. The number of nitrogens with one attached hydrogen (secondary N) is 1. The van der Waals surface area contributed by atoms with Crippen LogP contribution >= 0.6 is 22.9 Å². The molecule has 0 bridgehead atoms. The van der Waals surface area contributed by atoms with Gasteiger partial charge in [0.2, 0.25) is 5.91 Å². The Hall–Kier alpha value is -2.75. The minimum absolute atomic E-state index is 0.00717. The fraction of sp³-hybridized carbons (Fsp3) is 0.300. The molecule has 1 atom stereocenters. The maximum Gasteiger partial charge on any atom is 0.337 e. The van der Waals surface area contributed by atoms with Crippen molar-refractivity contribution in [3.63, 3.8) is 0 Å². The van der Waals surface area contributed by atoms with Gasteiger partial charge in [0.1, 0.15) is 16.7 Å². The number of ether oxygens (including phenoxy) is 1. The number of hydrogen-bond acceptors (Lipinski definition) is 6. The van der Waals surface area contributed by atoms with Crippen molar-refractivity contribution in [2.24, 2.45) is 0 Å². The molecule has 1 amide bonds. The molecule has 0 saturated heterocycles. The largest absolute Gasteiger partial charge is 0.478 e. The molecule has 0 radical (unpaired) electrons. The van der Waals surface area contributed by atoms with Gasteiger partial charge in [0.15, 0.2) is 0 Å². The summed E-state index contributed by atoms with van der Waals surface area (Å²) in [4.78, 5) is 42.5. The summed E-state index contributed by atoms with van der Waals surface area (Å²) in [7, 11) is 1.52. The molecule has 2 aromatic heterocycles. The first kappa shape index (κ1) is 21.9. The van der Waals surface area contributed by atoms with Crippen LogP contribution in [0.3, 0.4) is 0 Å². The summed E-state index contributed by atoms with van der Waals surface area (Å²) >= 11 is 7.19. The van der Waals surface area contributed by atoms with Gasteiger partial charge < -0.3 is 15.2 Å². The molecule has 30 heavy (non-hydrogen) atoms. The number of rotatable bonds is 7. The zero-order valence-corrected chi connectivity index (χ0v) is 18.1. The zero-order valence-electron chi connectivity index (χ0n) is 16.6. The number of anilines is 1. The van der Waals surface area contributed by atoms with Crippen molar-refractivity contribution in [1.82, 2.24) is 9.55 Å². The lowest BCUT2D eigenvalue weighted by Gasteiger charge is -2.20. The van der Waals surface area contributed by atoms with E-state index >= 15 is 0 Å². The number of hydrogen-bond donors (Lipinski definition) is 2. The number of methoxy groups -OCH3 is 1. The number of carboxylic acid groups (broad SMARTS) is 1. The highest BCUT2D eigenvalue weighted by Gasteiger charge is 2.25. The first-order valence-electron chi connectivity index (χ1n) is 9.07. The Morgan fingerprint density at radius 1 is 1.40 bits per heavy atom. The van der Waals surface area contributed by atoms with Crippen LogP contribution in [0, 0.1) is 6.92 Å². The summed E-state index contributed by atoms with van der Waals surface area (Å²) < 4.78 is 6.33. The summed E-state index contributed by atoms with van der Waals surface area (Å²) in [5.41, 5.74) is 0.529. The Kier molecular flexibility index (Phi) is 6.55. The highest BCUT2D eigenvalue weighted by atomic mass is 35.5. The highest BCUT2D eigenvalue weighted by molar-refractivity contribution is 7.17. The Morgan fingerprint density at radius 2 is 2.13 bits per heavy atom. The molecular formula is C20H20ClN3O5S. The van der Waals surface area contributed by atoms with Gasteiger partial charge in [0.05, 0.1) is 17.6 Å². The summed E-state index contributed by atoms with van der Waals surface area (Å²) in [5, 5.41) is 14.1. The molecule has 3 aromatic rings. The monoisotopic (exact) mass is 449 g/mol. The fourth-order valence-corrected chi connectivity index (χ4v) is 4.17. The van der Waals surface area contributed by atoms with Gasteiger partial charge in [-0.2, -0.15) is 0 Å². The normalized spacial score (nSPS) is 12.1. The number of halogens is 1. The maximum absolute atomic E-state index is 13.2. The first-order valence-corrected chi connectivity index (χ1v) is 10.3.